The average Bonchev–Trinajstić information content (AvgIpc) is 2.37. The Kier molecular flexibility index (Phi) is 4.62. The molecule has 2 aromatic rings. The van der Waals surface area contributed by atoms with Crippen LogP contribution in [0.5, 0.6) is 0 Å². The second kappa shape index (κ2) is 6.21. The summed E-state index contributed by atoms with van der Waals surface area (Å²) >= 11 is 11.9. The molecule has 0 aliphatic rings. The van der Waals surface area contributed by atoms with Gasteiger partial charge >= 0.3 is 0 Å². The monoisotopic (exact) mass is 282 g/mol. The second-order valence-electron chi connectivity index (χ2n) is 4.21. The normalized spacial score (nSPS) is 12.4. The second-order valence-corrected chi connectivity index (χ2v) is 4.95. The van der Waals surface area contributed by atoms with Crippen LogP contribution in [-0.4, -0.2) is 5.88 Å². The first-order chi connectivity index (χ1) is 8.70. The zero-order chi connectivity index (χ0) is 13.0. The minimum absolute atomic E-state index is 0.0358. The van der Waals surface area contributed by atoms with Crippen molar-refractivity contribution in [2.24, 2.45) is 0 Å². The summed E-state index contributed by atoms with van der Waals surface area (Å²) in [7, 11) is 0. The Morgan fingerprint density at radius 1 is 1.06 bits per heavy atom. The molecule has 94 valence electrons. The fourth-order valence-electron chi connectivity index (χ4n) is 2.00. The van der Waals surface area contributed by atoms with E-state index in [1.165, 1.54) is 6.07 Å². The molecule has 0 spiro atoms. The van der Waals surface area contributed by atoms with Crippen LogP contribution < -0.4 is 0 Å². The van der Waals surface area contributed by atoms with Gasteiger partial charge in [0.15, 0.2) is 0 Å². The topological polar surface area (TPSA) is 0 Å². The molecular weight excluding hydrogens is 270 g/mol. The fourth-order valence-corrected chi connectivity index (χ4v) is 2.49. The van der Waals surface area contributed by atoms with E-state index in [2.05, 4.69) is 0 Å². The number of halogens is 3. The van der Waals surface area contributed by atoms with Crippen LogP contribution >= 0.6 is 23.2 Å². The molecule has 0 nitrogen and oxygen atoms in total. The van der Waals surface area contributed by atoms with Crippen molar-refractivity contribution in [2.45, 2.75) is 12.3 Å². The van der Waals surface area contributed by atoms with Crippen molar-refractivity contribution in [3.8, 4) is 0 Å². The molecule has 0 saturated heterocycles. The Labute approximate surface area is 116 Å². The molecule has 1 atom stereocenters. The number of benzene rings is 2. The molecule has 1 unspecified atom stereocenters. The highest BCUT2D eigenvalue weighted by molar-refractivity contribution is 6.30. The van der Waals surface area contributed by atoms with Crippen LogP contribution in [0.25, 0.3) is 0 Å². The maximum Gasteiger partial charge on any atom is 0.126 e. The van der Waals surface area contributed by atoms with Gasteiger partial charge in [0.05, 0.1) is 0 Å². The van der Waals surface area contributed by atoms with Crippen molar-refractivity contribution in [3.05, 3.63) is 70.5 Å². The van der Waals surface area contributed by atoms with E-state index in [1.54, 1.807) is 12.1 Å². The third-order valence-corrected chi connectivity index (χ3v) is 3.51. The molecular formula is C15H13Cl2F. The lowest BCUT2D eigenvalue weighted by Gasteiger charge is -2.15. The quantitative estimate of drug-likeness (QED) is 0.689. The lowest BCUT2D eigenvalue weighted by molar-refractivity contribution is 0.589. The highest BCUT2D eigenvalue weighted by Gasteiger charge is 2.15. The minimum Gasteiger partial charge on any atom is -0.207 e. The number of hydrogen-bond acceptors (Lipinski definition) is 0. The van der Waals surface area contributed by atoms with Crippen LogP contribution in [0, 0.1) is 5.82 Å². The van der Waals surface area contributed by atoms with E-state index in [4.69, 9.17) is 23.2 Å². The summed E-state index contributed by atoms with van der Waals surface area (Å²) in [5.74, 6) is 0.143. The van der Waals surface area contributed by atoms with Gasteiger partial charge in [0.2, 0.25) is 0 Å². The molecule has 0 heterocycles. The molecule has 2 aromatic carbocycles. The fraction of sp³-hybridized carbons (Fsp3) is 0.200. The Morgan fingerprint density at radius 2 is 1.83 bits per heavy atom. The van der Waals surface area contributed by atoms with Gasteiger partial charge in [-0.05, 0) is 35.7 Å². The predicted octanol–water partition coefficient (Wildman–Crippen LogP) is 5.04. The van der Waals surface area contributed by atoms with Gasteiger partial charge in [-0.15, -0.1) is 11.6 Å². The Hall–Kier alpha value is -1.05. The van der Waals surface area contributed by atoms with Gasteiger partial charge in [0.25, 0.3) is 0 Å². The van der Waals surface area contributed by atoms with Gasteiger partial charge in [0.1, 0.15) is 5.82 Å². The van der Waals surface area contributed by atoms with Crippen molar-refractivity contribution in [2.75, 3.05) is 5.88 Å². The minimum atomic E-state index is -0.204. The molecule has 0 bridgehead atoms. The number of hydrogen-bond donors (Lipinski definition) is 0. The molecule has 0 aliphatic carbocycles. The van der Waals surface area contributed by atoms with Crippen molar-refractivity contribution >= 4 is 23.2 Å². The standard InChI is InChI=1S/C15H13Cl2F/c16-10-12(14-6-1-2-7-15(14)18)8-11-4-3-5-13(17)9-11/h1-7,9,12H,8,10H2. The van der Waals surface area contributed by atoms with E-state index in [1.807, 2.05) is 30.3 Å². The maximum atomic E-state index is 13.7. The Balaban J connectivity index is 2.23. The largest absolute Gasteiger partial charge is 0.207 e. The smallest absolute Gasteiger partial charge is 0.126 e. The predicted molar refractivity (Wildman–Crippen MR) is 75.0 cm³/mol. The van der Waals surface area contributed by atoms with E-state index in [0.717, 1.165) is 5.56 Å². The van der Waals surface area contributed by atoms with Crippen LogP contribution in [0.3, 0.4) is 0 Å². The van der Waals surface area contributed by atoms with E-state index >= 15 is 0 Å². The average molecular weight is 283 g/mol. The highest BCUT2D eigenvalue weighted by atomic mass is 35.5. The molecule has 3 heteroatoms. The molecule has 0 N–H and O–H groups in total. The van der Waals surface area contributed by atoms with Crippen LogP contribution in [0.4, 0.5) is 4.39 Å². The first-order valence-electron chi connectivity index (χ1n) is 5.75. The summed E-state index contributed by atoms with van der Waals surface area (Å²) in [5, 5.41) is 0.689. The van der Waals surface area contributed by atoms with Crippen LogP contribution in [0.1, 0.15) is 17.0 Å². The third kappa shape index (κ3) is 3.24. The van der Waals surface area contributed by atoms with E-state index in [-0.39, 0.29) is 11.7 Å². The molecule has 0 aliphatic heterocycles. The number of rotatable bonds is 4. The molecule has 0 amide bonds. The SMILES string of the molecule is Fc1ccccc1C(CCl)Cc1cccc(Cl)c1. The summed E-state index contributed by atoms with van der Waals surface area (Å²) < 4.78 is 13.7. The molecule has 0 fully saturated rings. The van der Waals surface area contributed by atoms with Crippen LogP contribution in [0.2, 0.25) is 5.02 Å². The zero-order valence-electron chi connectivity index (χ0n) is 9.74. The summed E-state index contributed by atoms with van der Waals surface area (Å²) in [6.45, 7) is 0. The van der Waals surface area contributed by atoms with E-state index in [0.29, 0.717) is 22.9 Å². The first kappa shape index (κ1) is 13.4. The van der Waals surface area contributed by atoms with Crippen molar-refractivity contribution < 1.29 is 4.39 Å². The lowest BCUT2D eigenvalue weighted by Crippen LogP contribution is -2.07. The van der Waals surface area contributed by atoms with Crippen molar-refractivity contribution in [1.82, 2.24) is 0 Å². The van der Waals surface area contributed by atoms with Crippen LogP contribution in [-0.2, 0) is 6.42 Å². The molecule has 0 radical (unpaired) electrons. The highest BCUT2D eigenvalue weighted by Crippen LogP contribution is 2.25. The van der Waals surface area contributed by atoms with Gasteiger partial charge in [-0.1, -0.05) is 41.9 Å². The van der Waals surface area contributed by atoms with Gasteiger partial charge in [-0.25, -0.2) is 4.39 Å². The first-order valence-corrected chi connectivity index (χ1v) is 6.67. The van der Waals surface area contributed by atoms with Gasteiger partial charge < -0.3 is 0 Å². The van der Waals surface area contributed by atoms with Crippen molar-refractivity contribution in [1.29, 1.82) is 0 Å². The van der Waals surface area contributed by atoms with Crippen LogP contribution in [0.15, 0.2) is 48.5 Å². The lowest BCUT2D eigenvalue weighted by atomic mass is 9.93. The summed E-state index contributed by atoms with van der Waals surface area (Å²) in [6.07, 6.45) is 0.686. The third-order valence-electron chi connectivity index (χ3n) is 2.90. The zero-order valence-corrected chi connectivity index (χ0v) is 11.3. The van der Waals surface area contributed by atoms with Gasteiger partial charge in [-0.3, -0.25) is 0 Å². The Morgan fingerprint density at radius 3 is 2.50 bits per heavy atom. The van der Waals surface area contributed by atoms with E-state index in [9.17, 15) is 4.39 Å². The van der Waals surface area contributed by atoms with Crippen molar-refractivity contribution in [3.63, 3.8) is 0 Å². The van der Waals surface area contributed by atoms with Gasteiger partial charge in [-0.2, -0.15) is 0 Å². The molecule has 2 rings (SSSR count). The summed E-state index contributed by atoms with van der Waals surface area (Å²) in [6, 6.07) is 14.3. The van der Waals surface area contributed by atoms with Gasteiger partial charge in [0, 0.05) is 16.8 Å². The van der Waals surface area contributed by atoms with E-state index < -0.39 is 0 Å². The summed E-state index contributed by atoms with van der Waals surface area (Å²) in [5.41, 5.74) is 1.73. The maximum absolute atomic E-state index is 13.7. The molecule has 0 saturated carbocycles. The Bertz CT molecular complexity index is 525. The summed E-state index contributed by atoms with van der Waals surface area (Å²) in [4.78, 5) is 0. The number of alkyl halides is 1. The molecule has 18 heavy (non-hydrogen) atoms. The molecule has 0 aromatic heterocycles.